The minimum absolute atomic E-state index is 0.0409. The van der Waals surface area contributed by atoms with Gasteiger partial charge in [-0.25, -0.2) is 0 Å². The van der Waals surface area contributed by atoms with E-state index in [1.54, 1.807) is 57.5 Å². The normalized spacial score (nSPS) is 10.6. The molecule has 2 rings (SSSR count). The Labute approximate surface area is 171 Å². The van der Waals surface area contributed by atoms with E-state index in [1.165, 1.54) is 4.90 Å². The van der Waals surface area contributed by atoms with Crippen LogP contribution < -0.4 is 16.0 Å². The van der Waals surface area contributed by atoms with E-state index in [-0.39, 0.29) is 18.4 Å². The SMILES string of the molecule is C#Cc1cccc(NC(=O)CNC(=NC)NCc2ccc(C(=O)N(C)C)cc2)c1. The average molecular weight is 391 g/mol. The summed E-state index contributed by atoms with van der Waals surface area (Å²) in [4.78, 5) is 29.7. The molecule has 0 aliphatic carbocycles. The highest BCUT2D eigenvalue weighted by Crippen LogP contribution is 2.09. The number of carbonyl (C=O) groups excluding carboxylic acids is 2. The quantitative estimate of drug-likeness (QED) is 0.397. The highest BCUT2D eigenvalue weighted by atomic mass is 16.2. The number of hydrogen-bond acceptors (Lipinski definition) is 3. The molecule has 0 saturated carbocycles. The van der Waals surface area contributed by atoms with Crippen molar-refractivity contribution in [3.63, 3.8) is 0 Å². The van der Waals surface area contributed by atoms with Gasteiger partial charge in [0, 0.05) is 44.5 Å². The Bertz CT molecular complexity index is 927. The molecule has 29 heavy (non-hydrogen) atoms. The number of terminal acetylenes is 1. The summed E-state index contributed by atoms with van der Waals surface area (Å²) in [7, 11) is 5.06. The number of anilines is 1. The van der Waals surface area contributed by atoms with Crippen LogP contribution in [0, 0.1) is 12.3 Å². The third kappa shape index (κ3) is 6.70. The monoisotopic (exact) mass is 391 g/mol. The fraction of sp³-hybridized carbons (Fsp3) is 0.227. The van der Waals surface area contributed by atoms with Gasteiger partial charge in [0.2, 0.25) is 5.91 Å². The van der Waals surface area contributed by atoms with Gasteiger partial charge < -0.3 is 20.9 Å². The van der Waals surface area contributed by atoms with E-state index in [0.717, 1.165) is 5.56 Å². The number of hydrogen-bond donors (Lipinski definition) is 3. The highest BCUT2D eigenvalue weighted by Gasteiger charge is 2.08. The van der Waals surface area contributed by atoms with Crippen LogP contribution in [-0.2, 0) is 11.3 Å². The Morgan fingerprint density at radius 1 is 1.10 bits per heavy atom. The number of nitrogens with zero attached hydrogens (tertiary/aromatic N) is 2. The molecule has 0 aliphatic heterocycles. The van der Waals surface area contributed by atoms with Gasteiger partial charge in [-0.2, -0.15) is 0 Å². The highest BCUT2D eigenvalue weighted by molar-refractivity contribution is 5.95. The first-order valence-corrected chi connectivity index (χ1v) is 9.04. The molecule has 150 valence electrons. The van der Waals surface area contributed by atoms with Gasteiger partial charge in [0.25, 0.3) is 5.91 Å². The maximum absolute atomic E-state index is 12.1. The van der Waals surface area contributed by atoms with E-state index in [9.17, 15) is 9.59 Å². The lowest BCUT2D eigenvalue weighted by Crippen LogP contribution is -2.41. The lowest BCUT2D eigenvalue weighted by molar-refractivity contribution is -0.115. The van der Waals surface area contributed by atoms with Gasteiger partial charge in [0.15, 0.2) is 5.96 Å². The fourth-order valence-corrected chi connectivity index (χ4v) is 2.49. The van der Waals surface area contributed by atoms with Gasteiger partial charge in [-0.1, -0.05) is 24.1 Å². The predicted molar refractivity (Wildman–Crippen MR) is 116 cm³/mol. The van der Waals surface area contributed by atoms with Gasteiger partial charge in [-0.3, -0.25) is 14.6 Å². The molecule has 7 heteroatoms. The largest absolute Gasteiger partial charge is 0.352 e. The Morgan fingerprint density at radius 3 is 2.45 bits per heavy atom. The van der Waals surface area contributed by atoms with E-state index in [2.05, 4.69) is 26.9 Å². The van der Waals surface area contributed by atoms with Gasteiger partial charge in [-0.05, 0) is 35.9 Å². The third-order valence-corrected chi connectivity index (χ3v) is 4.02. The summed E-state index contributed by atoms with van der Waals surface area (Å²) in [5, 5.41) is 8.87. The van der Waals surface area contributed by atoms with Crippen LogP contribution in [-0.4, -0.2) is 50.4 Å². The van der Waals surface area contributed by atoms with Crippen LogP contribution in [0.15, 0.2) is 53.5 Å². The molecule has 3 N–H and O–H groups in total. The number of guanidine groups is 1. The van der Waals surface area contributed by atoms with E-state index in [4.69, 9.17) is 6.42 Å². The molecular weight excluding hydrogens is 366 g/mol. The number of nitrogens with one attached hydrogen (secondary N) is 3. The molecule has 0 spiro atoms. The maximum atomic E-state index is 12.1. The van der Waals surface area contributed by atoms with Crippen molar-refractivity contribution in [2.75, 3.05) is 33.0 Å². The van der Waals surface area contributed by atoms with Crippen molar-refractivity contribution >= 4 is 23.5 Å². The van der Waals surface area contributed by atoms with Crippen LogP contribution >= 0.6 is 0 Å². The Morgan fingerprint density at radius 2 is 1.83 bits per heavy atom. The van der Waals surface area contributed by atoms with Crippen LogP contribution in [0.4, 0.5) is 5.69 Å². The minimum atomic E-state index is -0.214. The second-order valence-corrected chi connectivity index (χ2v) is 6.45. The molecule has 0 bridgehead atoms. The van der Waals surface area contributed by atoms with Crippen LogP contribution in [0.3, 0.4) is 0 Å². The van der Waals surface area contributed by atoms with Crippen LogP contribution in [0.1, 0.15) is 21.5 Å². The number of benzene rings is 2. The number of aliphatic imine (C=N–C) groups is 1. The molecule has 2 aromatic rings. The van der Waals surface area contributed by atoms with Gasteiger partial charge in [0.05, 0.1) is 6.54 Å². The summed E-state index contributed by atoms with van der Waals surface area (Å²) in [6.07, 6.45) is 5.37. The fourth-order valence-electron chi connectivity index (χ4n) is 2.49. The minimum Gasteiger partial charge on any atom is -0.352 e. The lowest BCUT2D eigenvalue weighted by atomic mass is 10.1. The summed E-state index contributed by atoms with van der Waals surface area (Å²) in [5.41, 5.74) is 2.96. The summed E-state index contributed by atoms with van der Waals surface area (Å²) in [6.45, 7) is 0.554. The van der Waals surface area contributed by atoms with Crippen molar-refractivity contribution in [1.82, 2.24) is 15.5 Å². The summed E-state index contributed by atoms with van der Waals surface area (Å²) >= 11 is 0. The molecule has 7 nitrogen and oxygen atoms in total. The standard InChI is InChI=1S/C22H25N5O2/c1-5-16-7-6-8-19(13-16)26-20(28)15-25-22(23-2)24-14-17-9-11-18(12-10-17)21(29)27(3)4/h1,6-13H,14-15H2,2-4H3,(H,26,28)(H2,23,24,25). The van der Waals surface area contributed by atoms with Crippen LogP contribution in [0.5, 0.6) is 0 Å². The number of carbonyl (C=O) groups is 2. The van der Waals surface area contributed by atoms with Crippen LogP contribution in [0.2, 0.25) is 0 Å². The molecule has 0 radical (unpaired) electrons. The zero-order chi connectivity index (χ0) is 21.2. The first-order chi connectivity index (χ1) is 13.9. The molecule has 2 aromatic carbocycles. The second-order valence-electron chi connectivity index (χ2n) is 6.45. The Hall–Kier alpha value is -3.79. The molecule has 0 unspecified atom stereocenters. The molecule has 0 saturated heterocycles. The average Bonchev–Trinajstić information content (AvgIpc) is 2.73. The molecule has 0 aliphatic rings. The second kappa shape index (κ2) is 10.5. The van der Waals surface area contributed by atoms with Gasteiger partial charge in [-0.15, -0.1) is 6.42 Å². The van der Waals surface area contributed by atoms with Crippen LogP contribution in [0.25, 0.3) is 0 Å². The summed E-state index contributed by atoms with van der Waals surface area (Å²) in [5.74, 6) is 2.77. The summed E-state index contributed by atoms with van der Waals surface area (Å²) < 4.78 is 0. The molecule has 0 atom stereocenters. The van der Waals surface area contributed by atoms with Crippen molar-refractivity contribution in [3.05, 3.63) is 65.2 Å². The van der Waals surface area contributed by atoms with E-state index < -0.39 is 0 Å². The van der Waals surface area contributed by atoms with E-state index in [0.29, 0.717) is 29.3 Å². The van der Waals surface area contributed by atoms with E-state index in [1.807, 2.05) is 12.1 Å². The molecule has 0 fully saturated rings. The smallest absolute Gasteiger partial charge is 0.253 e. The van der Waals surface area contributed by atoms with Crippen molar-refractivity contribution in [2.45, 2.75) is 6.54 Å². The van der Waals surface area contributed by atoms with Crippen molar-refractivity contribution in [3.8, 4) is 12.3 Å². The third-order valence-electron chi connectivity index (χ3n) is 4.02. The van der Waals surface area contributed by atoms with Crippen molar-refractivity contribution in [1.29, 1.82) is 0 Å². The first kappa shape index (κ1) is 21.5. The topological polar surface area (TPSA) is 85.8 Å². The van der Waals surface area contributed by atoms with Gasteiger partial charge in [0.1, 0.15) is 0 Å². The molecule has 0 heterocycles. The molecule has 0 aromatic heterocycles. The van der Waals surface area contributed by atoms with Crippen molar-refractivity contribution in [2.24, 2.45) is 4.99 Å². The molecular formula is C22H25N5O2. The zero-order valence-electron chi connectivity index (χ0n) is 16.8. The van der Waals surface area contributed by atoms with E-state index >= 15 is 0 Å². The predicted octanol–water partition coefficient (Wildman–Crippen LogP) is 1.67. The molecule has 2 amide bonds. The van der Waals surface area contributed by atoms with Gasteiger partial charge >= 0.3 is 0 Å². The summed E-state index contributed by atoms with van der Waals surface area (Å²) in [6, 6.07) is 14.4. The number of rotatable bonds is 6. The maximum Gasteiger partial charge on any atom is 0.253 e. The zero-order valence-corrected chi connectivity index (χ0v) is 16.8. The number of amides is 2. The van der Waals surface area contributed by atoms with Crippen molar-refractivity contribution < 1.29 is 9.59 Å². The Kier molecular flexibility index (Phi) is 7.80. The first-order valence-electron chi connectivity index (χ1n) is 9.04. The lowest BCUT2D eigenvalue weighted by Gasteiger charge is -2.13. The Balaban J connectivity index is 1.82.